The summed E-state index contributed by atoms with van der Waals surface area (Å²) in [5.41, 5.74) is 4.55. The van der Waals surface area contributed by atoms with Gasteiger partial charge in [-0.2, -0.15) is 0 Å². The van der Waals surface area contributed by atoms with E-state index in [2.05, 4.69) is 22.8 Å². The summed E-state index contributed by atoms with van der Waals surface area (Å²) in [6, 6.07) is 21.2. The number of benzene rings is 3. The molecule has 0 spiro atoms. The maximum Gasteiger partial charge on any atom is 0.407 e. The number of carboxylic acid groups (broad SMARTS) is 1. The van der Waals surface area contributed by atoms with Gasteiger partial charge in [-0.15, -0.1) is 0 Å². The maximum absolute atomic E-state index is 12.9. The summed E-state index contributed by atoms with van der Waals surface area (Å²) < 4.78 is 5.57. The molecule has 4 rings (SSSR count). The number of hydrogen-bond acceptors (Lipinski definition) is 5. The van der Waals surface area contributed by atoms with Gasteiger partial charge in [0.2, 0.25) is 5.91 Å². The molecule has 1 aliphatic rings. The lowest BCUT2D eigenvalue weighted by molar-refractivity contribution is -0.118. The summed E-state index contributed by atoms with van der Waals surface area (Å²) in [5, 5.41) is 14.6. The van der Waals surface area contributed by atoms with Crippen LogP contribution >= 0.6 is 0 Å². The van der Waals surface area contributed by atoms with Crippen LogP contribution in [0.1, 0.15) is 27.4 Å². The van der Waals surface area contributed by atoms with Gasteiger partial charge in [0.1, 0.15) is 12.6 Å². The largest absolute Gasteiger partial charge is 0.478 e. The first-order valence-corrected chi connectivity index (χ1v) is 11.2. The van der Waals surface area contributed by atoms with Crippen LogP contribution in [0.4, 0.5) is 10.5 Å². The first-order chi connectivity index (χ1) is 16.8. The fourth-order valence-corrected chi connectivity index (χ4v) is 4.34. The fraction of sp³-hybridized carbons (Fsp3) is 0.222. The first-order valence-electron chi connectivity index (χ1n) is 11.2. The molecule has 180 valence electrons. The van der Waals surface area contributed by atoms with Crippen LogP contribution in [0.5, 0.6) is 0 Å². The lowest BCUT2D eigenvalue weighted by Crippen LogP contribution is -2.49. The average molecular weight is 474 g/mol. The molecule has 2 amide bonds. The quantitative estimate of drug-likeness (QED) is 0.459. The van der Waals surface area contributed by atoms with E-state index >= 15 is 0 Å². The van der Waals surface area contributed by atoms with E-state index in [4.69, 9.17) is 4.74 Å². The standard InChI is InChI=1S/C27H27N3O5/c1-30(2)15-24(25(31)28-23-14-8-7-13-21(23)26(32)33)29-27(34)35-16-22-19-11-5-3-9-17(19)18-10-4-6-12-20(18)22/h3-14,22,24H,15-16H2,1-2H3,(H,28,31)(H,29,34)(H,32,33). The third-order valence-electron chi connectivity index (χ3n) is 5.92. The zero-order chi connectivity index (χ0) is 24.9. The van der Waals surface area contributed by atoms with Crippen molar-refractivity contribution in [3.8, 4) is 11.1 Å². The molecule has 3 aromatic carbocycles. The molecule has 35 heavy (non-hydrogen) atoms. The number of carbonyl (C=O) groups is 3. The van der Waals surface area contributed by atoms with Gasteiger partial charge < -0.3 is 25.4 Å². The van der Waals surface area contributed by atoms with Crippen molar-refractivity contribution in [2.45, 2.75) is 12.0 Å². The lowest BCUT2D eigenvalue weighted by Gasteiger charge is -2.22. The molecule has 3 N–H and O–H groups in total. The van der Waals surface area contributed by atoms with Crippen molar-refractivity contribution in [2.24, 2.45) is 0 Å². The van der Waals surface area contributed by atoms with Gasteiger partial charge >= 0.3 is 12.1 Å². The van der Waals surface area contributed by atoms with Crippen molar-refractivity contribution < 1.29 is 24.2 Å². The highest BCUT2D eigenvalue weighted by molar-refractivity contribution is 6.02. The van der Waals surface area contributed by atoms with Crippen LogP contribution in [0.3, 0.4) is 0 Å². The predicted octanol–water partition coefficient (Wildman–Crippen LogP) is 3.79. The van der Waals surface area contributed by atoms with E-state index in [1.165, 1.54) is 12.1 Å². The number of carboxylic acids is 1. The Bertz CT molecular complexity index is 1210. The van der Waals surface area contributed by atoms with Gasteiger partial charge in [0.15, 0.2) is 0 Å². The number of alkyl carbamates (subject to hydrolysis) is 1. The molecular formula is C27H27N3O5. The van der Waals surface area contributed by atoms with Gasteiger partial charge in [-0.05, 0) is 48.5 Å². The number of fused-ring (bicyclic) bond motifs is 3. The third-order valence-corrected chi connectivity index (χ3v) is 5.92. The highest BCUT2D eigenvalue weighted by Gasteiger charge is 2.30. The SMILES string of the molecule is CN(C)CC(NC(=O)OCC1c2ccccc2-c2ccccc21)C(=O)Nc1ccccc1C(=O)O. The van der Waals surface area contributed by atoms with E-state index in [1.54, 1.807) is 31.1 Å². The van der Waals surface area contributed by atoms with Gasteiger partial charge in [-0.3, -0.25) is 4.79 Å². The van der Waals surface area contributed by atoms with Crippen molar-refractivity contribution in [2.75, 3.05) is 32.6 Å². The maximum atomic E-state index is 12.9. The number of amides is 2. The van der Waals surface area contributed by atoms with Crippen LogP contribution in [-0.2, 0) is 9.53 Å². The van der Waals surface area contributed by atoms with Gasteiger partial charge in [-0.1, -0.05) is 60.7 Å². The van der Waals surface area contributed by atoms with Crippen LogP contribution in [0, 0.1) is 0 Å². The summed E-state index contributed by atoms with van der Waals surface area (Å²) in [7, 11) is 3.54. The number of carbonyl (C=O) groups excluding carboxylic acids is 2. The van der Waals surface area contributed by atoms with E-state index < -0.39 is 24.0 Å². The molecule has 0 heterocycles. The number of nitrogens with one attached hydrogen (secondary N) is 2. The number of likely N-dealkylation sites (N-methyl/N-ethyl adjacent to an activating group) is 1. The topological polar surface area (TPSA) is 108 Å². The van der Waals surface area contributed by atoms with Crippen LogP contribution in [-0.4, -0.2) is 61.3 Å². The summed E-state index contributed by atoms with van der Waals surface area (Å²) in [4.78, 5) is 38.9. The molecule has 0 aromatic heterocycles. The summed E-state index contributed by atoms with van der Waals surface area (Å²) in [6.07, 6.45) is -0.722. The molecule has 0 radical (unpaired) electrons. The molecule has 0 saturated heterocycles. The normalized spacial score (nSPS) is 13.0. The molecule has 0 saturated carbocycles. The second-order valence-electron chi connectivity index (χ2n) is 8.62. The minimum absolute atomic E-state index is 0.0365. The van der Waals surface area contributed by atoms with Crippen molar-refractivity contribution >= 4 is 23.7 Å². The first kappa shape index (κ1) is 24.0. The Morgan fingerprint density at radius 3 is 2.09 bits per heavy atom. The number of nitrogens with zero attached hydrogens (tertiary/aromatic N) is 1. The highest BCUT2D eigenvalue weighted by Crippen LogP contribution is 2.44. The molecule has 0 bridgehead atoms. The molecular weight excluding hydrogens is 446 g/mol. The van der Waals surface area contributed by atoms with Gasteiger partial charge in [0.05, 0.1) is 11.3 Å². The van der Waals surface area contributed by atoms with Crippen LogP contribution in [0.25, 0.3) is 11.1 Å². The highest BCUT2D eigenvalue weighted by atomic mass is 16.5. The number of aromatic carboxylic acids is 1. The Morgan fingerprint density at radius 1 is 0.914 bits per heavy atom. The number of hydrogen-bond donors (Lipinski definition) is 3. The summed E-state index contributed by atoms with van der Waals surface area (Å²) >= 11 is 0. The summed E-state index contributed by atoms with van der Waals surface area (Å²) in [5.74, 6) is -1.80. The Kier molecular flexibility index (Phi) is 7.12. The fourth-order valence-electron chi connectivity index (χ4n) is 4.34. The van der Waals surface area contributed by atoms with E-state index in [9.17, 15) is 19.5 Å². The Labute approximate surface area is 203 Å². The van der Waals surface area contributed by atoms with Crippen molar-refractivity contribution in [3.63, 3.8) is 0 Å². The number of ether oxygens (including phenoxy) is 1. The monoisotopic (exact) mass is 473 g/mol. The third kappa shape index (κ3) is 5.33. The Hall–Kier alpha value is -4.17. The number of rotatable bonds is 8. The smallest absolute Gasteiger partial charge is 0.407 e. The number of para-hydroxylation sites is 1. The molecule has 3 aromatic rings. The zero-order valence-corrected chi connectivity index (χ0v) is 19.5. The van der Waals surface area contributed by atoms with Crippen molar-refractivity contribution in [3.05, 3.63) is 89.5 Å². The average Bonchev–Trinajstić information content (AvgIpc) is 3.16. The van der Waals surface area contributed by atoms with Crippen LogP contribution in [0.2, 0.25) is 0 Å². The minimum atomic E-state index is -1.16. The molecule has 1 aliphatic carbocycles. The molecule has 0 aliphatic heterocycles. The minimum Gasteiger partial charge on any atom is -0.478 e. The van der Waals surface area contributed by atoms with Gasteiger partial charge in [0.25, 0.3) is 0 Å². The zero-order valence-electron chi connectivity index (χ0n) is 19.5. The van der Waals surface area contributed by atoms with Crippen LogP contribution < -0.4 is 10.6 Å². The van der Waals surface area contributed by atoms with E-state index in [0.29, 0.717) is 0 Å². The molecule has 1 unspecified atom stereocenters. The Balaban J connectivity index is 1.44. The molecule has 0 fully saturated rings. The van der Waals surface area contributed by atoms with Gasteiger partial charge in [0, 0.05) is 12.5 Å². The van der Waals surface area contributed by atoms with Crippen molar-refractivity contribution in [1.82, 2.24) is 10.2 Å². The second kappa shape index (κ2) is 10.4. The van der Waals surface area contributed by atoms with E-state index in [0.717, 1.165) is 22.3 Å². The lowest BCUT2D eigenvalue weighted by atomic mass is 9.98. The molecule has 1 atom stereocenters. The van der Waals surface area contributed by atoms with Crippen molar-refractivity contribution in [1.29, 1.82) is 0 Å². The summed E-state index contributed by atoms with van der Waals surface area (Å²) in [6.45, 7) is 0.323. The Morgan fingerprint density at radius 2 is 1.49 bits per heavy atom. The van der Waals surface area contributed by atoms with E-state index in [-0.39, 0.29) is 30.3 Å². The van der Waals surface area contributed by atoms with Crippen LogP contribution in [0.15, 0.2) is 72.8 Å². The second-order valence-corrected chi connectivity index (χ2v) is 8.62. The molecule has 8 nitrogen and oxygen atoms in total. The molecule has 8 heteroatoms. The number of anilines is 1. The van der Waals surface area contributed by atoms with Gasteiger partial charge in [-0.25, -0.2) is 9.59 Å². The van der Waals surface area contributed by atoms with E-state index in [1.807, 2.05) is 36.4 Å². The predicted molar refractivity (Wildman–Crippen MR) is 133 cm³/mol.